The summed E-state index contributed by atoms with van der Waals surface area (Å²) < 4.78 is 62.6. The SMILES string of the molecule is COCCCOc1ccccc1NC(=O)NCc1ccc(F)cc1C(F)(F)F. The second-order valence-corrected chi connectivity index (χ2v) is 5.80. The minimum atomic E-state index is -4.72. The van der Waals surface area contributed by atoms with Gasteiger partial charge < -0.3 is 20.1 Å². The first kappa shape index (κ1) is 21.5. The largest absolute Gasteiger partial charge is 0.491 e. The zero-order valence-electron chi connectivity index (χ0n) is 15.1. The van der Waals surface area contributed by atoms with Crippen LogP contribution in [0.25, 0.3) is 0 Å². The lowest BCUT2D eigenvalue weighted by atomic mass is 10.1. The van der Waals surface area contributed by atoms with E-state index >= 15 is 0 Å². The Hall–Kier alpha value is -2.81. The lowest BCUT2D eigenvalue weighted by Crippen LogP contribution is -2.29. The fraction of sp³-hybridized carbons (Fsp3) is 0.316. The molecule has 0 aliphatic carbocycles. The van der Waals surface area contributed by atoms with Gasteiger partial charge in [0.1, 0.15) is 11.6 Å². The Kier molecular flexibility index (Phi) is 7.62. The summed E-state index contributed by atoms with van der Waals surface area (Å²) in [6.45, 7) is 0.478. The van der Waals surface area contributed by atoms with E-state index in [4.69, 9.17) is 9.47 Å². The minimum absolute atomic E-state index is 0.242. The van der Waals surface area contributed by atoms with E-state index in [0.29, 0.717) is 37.1 Å². The van der Waals surface area contributed by atoms with Crippen LogP contribution in [-0.2, 0) is 17.5 Å². The number of carbonyl (C=O) groups is 1. The molecule has 0 unspecified atom stereocenters. The summed E-state index contributed by atoms with van der Waals surface area (Å²) >= 11 is 0. The summed E-state index contributed by atoms with van der Waals surface area (Å²) in [5, 5.41) is 4.86. The summed E-state index contributed by atoms with van der Waals surface area (Å²) in [6, 6.07) is 8.25. The van der Waals surface area contributed by atoms with Crippen LogP contribution in [0.1, 0.15) is 17.5 Å². The monoisotopic (exact) mass is 400 g/mol. The highest BCUT2D eigenvalue weighted by molar-refractivity contribution is 5.90. The molecule has 2 aromatic rings. The minimum Gasteiger partial charge on any atom is -0.491 e. The first-order chi connectivity index (χ1) is 13.3. The van der Waals surface area contributed by atoms with Crippen LogP contribution < -0.4 is 15.4 Å². The number of para-hydroxylation sites is 2. The summed E-state index contributed by atoms with van der Waals surface area (Å²) in [7, 11) is 1.57. The van der Waals surface area contributed by atoms with Crippen molar-refractivity contribution in [1.82, 2.24) is 5.32 Å². The van der Waals surface area contributed by atoms with Gasteiger partial charge in [0.2, 0.25) is 0 Å². The second kappa shape index (κ2) is 9.93. The number of ether oxygens (including phenoxy) is 2. The molecule has 2 amide bonds. The van der Waals surface area contributed by atoms with Crippen molar-refractivity contribution in [3.8, 4) is 5.75 Å². The molecular formula is C19H20F4N2O3. The molecule has 0 atom stereocenters. The van der Waals surface area contributed by atoms with Gasteiger partial charge in [-0.1, -0.05) is 18.2 Å². The highest BCUT2D eigenvalue weighted by atomic mass is 19.4. The van der Waals surface area contributed by atoms with Crippen molar-refractivity contribution in [1.29, 1.82) is 0 Å². The Balaban J connectivity index is 1.99. The number of amides is 2. The number of benzene rings is 2. The number of carbonyl (C=O) groups excluding carboxylic acids is 1. The van der Waals surface area contributed by atoms with Crippen LogP contribution in [0, 0.1) is 5.82 Å². The number of rotatable bonds is 8. The van der Waals surface area contributed by atoms with Gasteiger partial charge in [0, 0.05) is 26.7 Å². The second-order valence-electron chi connectivity index (χ2n) is 5.80. The third-order valence-corrected chi connectivity index (χ3v) is 3.70. The molecule has 0 fully saturated rings. The highest BCUT2D eigenvalue weighted by Gasteiger charge is 2.33. The Morgan fingerprint density at radius 1 is 1.11 bits per heavy atom. The van der Waals surface area contributed by atoms with Crippen LogP contribution in [0.2, 0.25) is 0 Å². The number of hydrogen-bond donors (Lipinski definition) is 2. The average molecular weight is 400 g/mol. The van der Waals surface area contributed by atoms with E-state index in [1.165, 1.54) is 0 Å². The zero-order chi connectivity index (χ0) is 20.6. The molecule has 0 radical (unpaired) electrons. The summed E-state index contributed by atoms with van der Waals surface area (Å²) in [6.07, 6.45) is -4.07. The van der Waals surface area contributed by atoms with Gasteiger partial charge in [-0.25, -0.2) is 9.18 Å². The van der Waals surface area contributed by atoms with Crippen molar-refractivity contribution in [3.63, 3.8) is 0 Å². The number of urea groups is 1. The molecule has 9 heteroatoms. The van der Waals surface area contributed by atoms with Crippen molar-refractivity contribution >= 4 is 11.7 Å². The molecule has 0 heterocycles. The fourth-order valence-electron chi connectivity index (χ4n) is 2.39. The van der Waals surface area contributed by atoms with Crippen molar-refractivity contribution in [2.24, 2.45) is 0 Å². The average Bonchev–Trinajstić information content (AvgIpc) is 2.64. The fourth-order valence-corrected chi connectivity index (χ4v) is 2.39. The third kappa shape index (κ3) is 6.41. The maximum absolute atomic E-state index is 13.1. The maximum atomic E-state index is 13.1. The van der Waals surface area contributed by atoms with Gasteiger partial charge in [-0.3, -0.25) is 0 Å². The van der Waals surface area contributed by atoms with Crippen molar-refractivity contribution in [2.45, 2.75) is 19.1 Å². The van der Waals surface area contributed by atoms with Crippen molar-refractivity contribution < 1.29 is 31.8 Å². The van der Waals surface area contributed by atoms with Crippen LogP contribution in [0.5, 0.6) is 5.75 Å². The van der Waals surface area contributed by atoms with Gasteiger partial charge in [-0.05, 0) is 29.8 Å². The molecule has 0 aliphatic heterocycles. The summed E-state index contributed by atoms with van der Waals surface area (Å²) in [5.74, 6) is -0.577. The third-order valence-electron chi connectivity index (χ3n) is 3.70. The van der Waals surface area contributed by atoms with Gasteiger partial charge >= 0.3 is 12.2 Å². The first-order valence-corrected chi connectivity index (χ1v) is 8.42. The molecule has 0 spiro atoms. The number of hydrogen-bond acceptors (Lipinski definition) is 3. The predicted octanol–water partition coefficient (Wildman–Crippen LogP) is 4.58. The predicted molar refractivity (Wildman–Crippen MR) is 95.7 cm³/mol. The molecule has 2 rings (SSSR count). The number of methoxy groups -OCH3 is 1. The molecule has 28 heavy (non-hydrogen) atoms. The van der Waals surface area contributed by atoms with Crippen LogP contribution in [0.4, 0.5) is 28.0 Å². The van der Waals surface area contributed by atoms with Gasteiger partial charge in [-0.2, -0.15) is 13.2 Å². The molecule has 0 aromatic heterocycles. The molecule has 2 aromatic carbocycles. The number of anilines is 1. The standard InChI is InChI=1S/C19H20F4N2O3/c1-27-9-4-10-28-17-6-3-2-5-16(17)25-18(26)24-12-13-7-8-14(20)11-15(13)19(21,22)23/h2-3,5-8,11H,4,9-10,12H2,1H3,(H2,24,25,26). The van der Waals surface area contributed by atoms with Gasteiger partial charge in [-0.15, -0.1) is 0 Å². The highest BCUT2D eigenvalue weighted by Crippen LogP contribution is 2.32. The van der Waals surface area contributed by atoms with E-state index in [0.717, 1.165) is 12.1 Å². The molecule has 0 saturated heterocycles. The van der Waals surface area contributed by atoms with E-state index in [9.17, 15) is 22.4 Å². The molecular weight excluding hydrogens is 380 g/mol. The normalized spacial score (nSPS) is 11.2. The summed E-state index contributed by atoms with van der Waals surface area (Å²) in [5.41, 5.74) is -1.00. The zero-order valence-corrected chi connectivity index (χ0v) is 15.1. The number of alkyl halides is 3. The lowest BCUT2D eigenvalue weighted by Gasteiger charge is -2.15. The molecule has 0 bridgehead atoms. The first-order valence-electron chi connectivity index (χ1n) is 8.42. The molecule has 152 valence electrons. The van der Waals surface area contributed by atoms with Crippen LogP contribution >= 0.6 is 0 Å². The van der Waals surface area contributed by atoms with Crippen molar-refractivity contribution in [3.05, 3.63) is 59.4 Å². The smallest absolute Gasteiger partial charge is 0.416 e. The number of nitrogens with one attached hydrogen (secondary N) is 2. The van der Waals surface area contributed by atoms with Crippen LogP contribution in [-0.4, -0.2) is 26.4 Å². The molecule has 0 saturated carbocycles. The maximum Gasteiger partial charge on any atom is 0.416 e. The van der Waals surface area contributed by atoms with Crippen molar-refractivity contribution in [2.75, 3.05) is 25.6 Å². The Bertz CT molecular complexity index is 797. The van der Waals surface area contributed by atoms with E-state index in [1.54, 1.807) is 31.4 Å². The van der Waals surface area contributed by atoms with Crippen LogP contribution in [0.3, 0.4) is 0 Å². The van der Waals surface area contributed by atoms with Crippen LogP contribution in [0.15, 0.2) is 42.5 Å². The van der Waals surface area contributed by atoms with Gasteiger partial charge in [0.05, 0.1) is 17.9 Å². The number of halogens is 4. The Morgan fingerprint density at radius 2 is 1.86 bits per heavy atom. The summed E-state index contributed by atoms with van der Waals surface area (Å²) in [4.78, 5) is 12.1. The quantitative estimate of drug-likeness (QED) is 0.504. The Labute approximate surface area is 159 Å². The van der Waals surface area contributed by atoms with E-state index < -0.39 is 30.1 Å². The molecule has 2 N–H and O–H groups in total. The topological polar surface area (TPSA) is 59.6 Å². The van der Waals surface area contributed by atoms with Gasteiger partial charge in [0.25, 0.3) is 0 Å². The lowest BCUT2D eigenvalue weighted by molar-refractivity contribution is -0.138. The molecule has 5 nitrogen and oxygen atoms in total. The van der Waals surface area contributed by atoms with E-state index in [1.807, 2.05) is 0 Å². The van der Waals surface area contributed by atoms with E-state index in [2.05, 4.69) is 10.6 Å². The Morgan fingerprint density at radius 3 is 2.57 bits per heavy atom. The van der Waals surface area contributed by atoms with Gasteiger partial charge in [0.15, 0.2) is 0 Å². The molecule has 0 aliphatic rings. The van der Waals surface area contributed by atoms with E-state index in [-0.39, 0.29) is 5.56 Å².